The fraction of sp³-hybridized carbons (Fsp3) is 0.818. The second kappa shape index (κ2) is 6.17. The molecule has 0 aromatic rings. The summed E-state index contributed by atoms with van der Waals surface area (Å²) in [5.41, 5.74) is 0. The molecule has 0 radical (unpaired) electrons. The molecule has 1 aliphatic rings. The van der Waals surface area contributed by atoms with Crippen LogP contribution in [0.2, 0.25) is 0 Å². The minimum absolute atomic E-state index is 0.849. The van der Waals surface area contributed by atoms with Crippen LogP contribution in [0.1, 0.15) is 25.7 Å². The van der Waals surface area contributed by atoms with Crippen molar-refractivity contribution >= 4 is 0 Å². The van der Waals surface area contributed by atoms with Gasteiger partial charge in [0.1, 0.15) is 0 Å². The van der Waals surface area contributed by atoms with E-state index in [1.165, 1.54) is 32.4 Å². The summed E-state index contributed by atoms with van der Waals surface area (Å²) in [6.45, 7) is 7.24. The zero-order valence-corrected chi connectivity index (χ0v) is 8.76. The number of hydrogen-bond donors (Lipinski definition) is 1. The highest BCUT2D eigenvalue weighted by Gasteiger charge is 2.19. The molecule has 0 saturated heterocycles. The van der Waals surface area contributed by atoms with Gasteiger partial charge in [0.2, 0.25) is 0 Å². The summed E-state index contributed by atoms with van der Waals surface area (Å²) in [6, 6.07) is 0.849. The summed E-state index contributed by atoms with van der Waals surface area (Å²) < 4.78 is 0. The van der Waals surface area contributed by atoms with Crippen molar-refractivity contribution < 1.29 is 0 Å². The zero-order chi connectivity index (χ0) is 9.52. The van der Waals surface area contributed by atoms with Gasteiger partial charge in [0.05, 0.1) is 0 Å². The minimum atomic E-state index is 0.849. The van der Waals surface area contributed by atoms with Crippen LogP contribution >= 0.6 is 0 Å². The first-order chi connectivity index (χ1) is 6.33. The van der Waals surface area contributed by atoms with E-state index in [1.807, 2.05) is 6.08 Å². The maximum absolute atomic E-state index is 3.72. The van der Waals surface area contributed by atoms with Gasteiger partial charge in [-0.1, -0.05) is 6.08 Å². The first kappa shape index (κ1) is 10.7. The Bertz CT molecular complexity index is 141. The molecule has 1 aliphatic carbocycles. The Hall–Kier alpha value is -0.340. The highest BCUT2D eigenvalue weighted by atomic mass is 15.1. The molecule has 0 amide bonds. The molecule has 0 aromatic heterocycles. The molecule has 0 unspecified atom stereocenters. The van der Waals surface area contributed by atoms with E-state index in [9.17, 15) is 0 Å². The van der Waals surface area contributed by atoms with E-state index >= 15 is 0 Å². The molecule has 0 atom stereocenters. The van der Waals surface area contributed by atoms with Crippen LogP contribution in [-0.4, -0.2) is 37.6 Å². The predicted molar refractivity (Wildman–Crippen MR) is 58.0 cm³/mol. The van der Waals surface area contributed by atoms with Gasteiger partial charge in [-0.25, -0.2) is 0 Å². The van der Waals surface area contributed by atoms with E-state index in [4.69, 9.17) is 0 Å². The molecule has 1 fully saturated rings. The smallest absolute Gasteiger partial charge is 0.0104 e. The molecule has 0 aliphatic heterocycles. The summed E-state index contributed by atoms with van der Waals surface area (Å²) in [7, 11) is 2.19. The largest absolute Gasteiger partial charge is 0.313 e. The van der Waals surface area contributed by atoms with E-state index in [0.29, 0.717) is 0 Å². The summed E-state index contributed by atoms with van der Waals surface area (Å²) in [5, 5.41) is 3.52. The Morgan fingerprint density at radius 3 is 2.85 bits per heavy atom. The van der Waals surface area contributed by atoms with Crippen LogP contribution in [0.15, 0.2) is 12.7 Å². The second-order valence-corrected chi connectivity index (χ2v) is 3.96. The van der Waals surface area contributed by atoms with Crippen molar-refractivity contribution in [3.8, 4) is 0 Å². The third kappa shape index (κ3) is 5.83. The van der Waals surface area contributed by atoms with Crippen molar-refractivity contribution in [3.05, 3.63) is 12.7 Å². The number of unbranched alkanes of at least 4 members (excludes halogenated alkanes) is 1. The van der Waals surface area contributed by atoms with E-state index in [-0.39, 0.29) is 0 Å². The predicted octanol–water partition coefficient (Wildman–Crippen LogP) is 1.64. The molecule has 76 valence electrons. The Balaban J connectivity index is 1.84. The lowest BCUT2D eigenvalue weighted by molar-refractivity contribution is 0.327. The molecule has 0 bridgehead atoms. The SMILES string of the molecule is C=CCCCN(C)CCNC1CC1. The van der Waals surface area contributed by atoms with Gasteiger partial charge < -0.3 is 10.2 Å². The van der Waals surface area contributed by atoms with Crippen molar-refractivity contribution in [3.63, 3.8) is 0 Å². The van der Waals surface area contributed by atoms with Crippen LogP contribution in [0.5, 0.6) is 0 Å². The van der Waals surface area contributed by atoms with Gasteiger partial charge in [-0.3, -0.25) is 0 Å². The lowest BCUT2D eigenvalue weighted by Crippen LogP contribution is -2.30. The summed E-state index contributed by atoms with van der Waals surface area (Å²) in [6.07, 6.45) is 7.15. The fourth-order valence-corrected chi connectivity index (χ4v) is 1.36. The maximum atomic E-state index is 3.72. The van der Waals surface area contributed by atoms with Gasteiger partial charge in [-0.05, 0) is 39.3 Å². The Kier molecular flexibility index (Phi) is 5.09. The van der Waals surface area contributed by atoms with Crippen molar-refractivity contribution in [2.24, 2.45) is 0 Å². The molecule has 1 rings (SSSR count). The van der Waals surface area contributed by atoms with E-state index < -0.39 is 0 Å². The molecule has 0 heterocycles. The lowest BCUT2D eigenvalue weighted by atomic mass is 10.3. The van der Waals surface area contributed by atoms with Crippen LogP contribution in [-0.2, 0) is 0 Å². The summed E-state index contributed by atoms with van der Waals surface area (Å²) in [4.78, 5) is 2.39. The number of allylic oxidation sites excluding steroid dienone is 1. The molecular weight excluding hydrogens is 160 g/mol. The average Bonchev–Trinajstić information content (AvgIpc) is 2.89. The zero-order valence-electron chi connectivity index (χ0n) is 8.76. The standard InChI is InChI=1S/C11H22N2/c1-3-4-5-9-13(2)10-8-12-11-6-7-11/h3,11-12H,1,4-10H2,2H3. The molecule has 0 aromatic carbocycles. The van der Waals surface area contributed by atoms with Crippen LogP contribution < -0.4 is 5.32 Å². The van der Waals surface area contributed by atoms with Crippen LogP contribution in [0, 0.1) is 0 Å². The Labute approximate surface area is 82.0 Å². The molecule has 2 nitrogen and oxygen atoms in total. The highest BCUT2D eigenvalue weighted by molar-refractivity contribution is 4.80. The molecule has 1 N–H and O–H groups in total. The quantitative estimate of drug-likeness (QED) is 0.453. The van der Waals surface area contributed by atoms with Gasteiger partial charge >= 0.3 is 0 Å². The van der Waals surface area contributed by atoms with E-state index in [1.54, 1.807) is 0 Å². The third-order valence-electron chi connectivity index (χ3n) is 2.45. The van der Waals surface area contributed by atoms with Gasteiger partial charge in [-0.15, -0.1) is 6.58 Å². The van der Waals surface area contributed by atoms with Gasteiger partial charge in [-0.2, -0.15) is 0 Å². The monoisotopic (exact) mass is 182 g/mol. The van der Waals surface area contributed by atoms with Crippen molar-refractivity contribution in [1.29, 1.82) is 0 Å². The van der Waals surface area contributed by atoms with Crippen molar-refractivity contribution in [1.82, 2.24) is 10.2 Å². The van der Waals surface area contributed by atoms with Crippen LogP contribution in [0.25, 0.3) is 0 Å². The topological polar surface area (TPSA) is 15.3 Å². The minimum Gasteiger partial charge on any atom is -0.313 e. The van der Waals surface area contributed by atoms with Gasteiger partial charge in [0.15, 0.2) is 0 Å². The van der Waals surface area contributed by atoms with Crippen LogP contribution in [0.4, 0.5) is 0 Å². The number of rotatable bonds is 8. The molecule has 2 heteroatoms. The van der Waals surface area contributed by atoms with Gasteiger partial charge in [0.25, 0.3) is 0 Å². The number of hydrogen-bond acceptors (Lipinski definition) is 2. The number of nitrogens with zero attached hydrogens (tertiary/aromatic N) is 1. The fourth-order valence-electron chi connectivity index (χ4n) is 1.36. The summed E-state index contributed by atoms with van der Waals surface area (Å²) >= 11 is 0. The number of likely N-dealkylation sites (N-methyl/N-ethyl adjacent to an activating group) is 1. The first-order valence-electron chi connectivity index (χ1n) is 5.35. The lowest BCUT2D eigenvalue weighted by Gasteiger charge is -2.16. The van der Waals surface area contributed by atoms with Crippen molar-refractivity contribution in [2.45, 2.75) is 31.7 Å². The van der Waals surface area contributed by atoms with Crippen LogP contribution in [0.3, 0.4) is 0 Å². The highest BCUT2D eigenvalue weighted by Crippen LogP contribution is 2.17. The number of nitrogens with one attached hydrogen (secondary N) is 1. The van der Waals surface area contributed by atoms with Crippen molar-refractivity contribution in [2.75, 3.05) is 26.7 Å². The maximum Gasteiger partial charge on any atom is 0.0104 e. The second-order valence-electron chi connectivity index (χ2n) is 3.96. The first-order valence-corrected chi connectivity index (χ1v) is 5.35. The molecule has 13 heavy (non-hydrogen) atoms. The Morgan fingerprint density at radius 2 is 2.23 bits per heavy atom. The molecule has 0 spiro atoms. The van der Waals surface area contributed by atoms with E-state index in [0.717, 1.165) is 19.0 Å². The molecule has 1 saturated carbocycles. The summed E-state index contributed by atoms with van der Waals surface area (Å²) in [5.74, 6) is 0. The average molecular weight is 182 g/mol. The Morgan fingerprint density at radius 1 is 1.46 bits per heavy atom. The van der Waals surface area contributed by atoms with E-state index in [2.05, 4.69) is 23.8 Å². The normalized spacial score (nSPS) is 16.5. The third-order valence-corrected chi connectivity index (χ3v) is 2.45. The molecular formula is C11H22N2. The van der Waals surface area contributed by atoms with Gasteiger partial charge in [0, 0.05) is 19.1 Å².